The quantitative estimate of drug-likeness (QED) is 0.852. The van der Waals surface area contributed by atoms with Crippen molar-refractivity contribution in [1.29, 1.82) is 0 Å². The number of carboxylic acids is 1. The molecule has 1 aromatic carbocycles. The maximum Gasteiger partial charge on any atom is 0.337 e. The van der Waals surface area contributed by atoms with E-state index in [0.717, 1.165) is 11.3 Å². The van der Waals surface area contributed by atoms with Gasteiger partial charge in [0.2, 0.25) is 0 Å². The molecule has 0 saturated carbocycles. The van der Waals surface area contributed by atoms with E-state index < -0.39 is 5.97 Å². The van der Waals surface area contributed by atoms with E-state index in [-0.39, 0.29) is 6.04 Å². The summed E-state index contributed by atoms with van der Waals surface area (Å²) in [5.74, 6) is -0.906. The lowest BCUT2D eigenvalue weighted by Crippen LogP contribution is -2.33. The zero-order valence-electron chi connectivity index (χ0n) is 10.7. The normalized spacial score (nSPS) is 12.2. The molecule has 0 heterocycles. The van der Waals surface area contributed by atoms with Crippen molar-refractivity contribution in [3.05, 3.63) is 29.3 Å². The molecule has 4 heteroatoms. The van der Waals surface area contributed by atoms with Crippen LogP contribution in [0.1, 0.15) is 22.8 Å². The minimum atomic E-state index is -0.906. The molecule has 17 heavy (non-hydrogen) atoms. The lowest BCUT2D eigenvalue weighted by atomic mass is 10.1. The van der Waals surface area contributed by atoms with Gasteiger partial charge < -0.3 is 14.7 Å². The summed E-state index contributed by atoms with van der Waals surface area (Å²) in [4.78, 5) is 13.1. The first-order valence-electron chi connectivity index (χ1n) is 5.53. The number of carboxylic acid groups (broad SMARTS) is 1. The summed E-state index contributed by atoms with van der Waals surface area (Å²) in [7, 11) is 3.52. The topological polar surface area (TPSA) is 49.8 Å². The molecule has 0 spiro atoms. The summed E-state index contributed by atoms with van der Waals surface area (Å²) in [5.41, 5.74) is 2.09. The molecular weight excluding hydrogens is 218 g/mol. The lowest BCUT2D eigenvalue weighted by molar-refractivity contribution is 0.0697. The van der Waals surface area contributed by atoms with E-state index in [1.54, 1.807) is 13.2 Å². The van der Waals surface area contributed by atoms with Crippen LogP contribution in [0.4, 0.5) is 5.69 Å². The first-order valence-corrected chi connectivity index (χ1v) is 5.53. The molecule has 4 nitrogen and oxygen atoms in total. The highest BCUT2D eigenvalue weighted by molar-refractivity contribution is 5.94. The number of hydrogen-bond donors (Lipinski definition) is 1. The van der Waals surface area contributed by atoms with Gasteiger partial charge in [0.05, 0.1) is 17.9 Å². The highest BCUT2D eigenvalue weighted by Gasteiger charge is 2.17. The number of likely N-dealkylation sites (N-methyl/N-ethyl adjacent to an activating group) is 1. The van der Waals surface area contributed by atoms with Crippen molar-refractivity contribution >= 4 is 11.7 Å². The molecule has 0 amide bonds. The molecule has 1 atom stereocenters. The molecule has 0 aliphatic carbocycles. The number of carbonyl (C=O) groups is 1. The van der Waals surface area contributed by atoms with Gasteiger partial charge in [-0.2, -0.15) is 0 Å². The summed E-state index contributed by atoms with van der Waals surface area (Å²) in [5, 5.41) is 9.16. The molecule has 0 aromatic heterocycles. The van der Waals surface area contributed by atoms with Crippen LogP contribution in [0.3, 0.4) is 0 Å². The Balaban J connectivity index is 3.10. The molecule has 1 rings (SSSR count). The lowest BCUT2D eigenvalue weighted by Gasteiger charge is -2.28. The van der Waals surface area contributed by atoms with Gasteiger partial charge in [-0.1, -0.05) is 6.07 Å². The molecule has 1 N–H and O–H groups in total. The third kappa shape index (κ3) is 3.20. The van der Waals surface area contributed by atoms with E-state index in [1.807, 2.05) is 37.9 Å². The Hall–Kier alpha value is -1.55. The Kier molecular flexibility index (Phi) is 4.52. The average molecular weight is 237 g/mol. The summed E-state index contributed by atoms with van der Waals surface area (Å²) in [6.45, 7) is 4.50. The Bertz CT molecular complexity index is 404. The Morgan fingerprint density at radius 3 is 2.71 bits per heavy atom. The summed E-state index contributed by atoms with van der Waals surface area (Å²) in [6.07, 6.45) is 0. The Labute approximate surface area is 102 Å². The fraction of sp³-hybridized carbons (Fsp3) is 0.462. The molecule has 1 unspecified atom stereocenters. The maximum atomic E-state index is 11.2. The van der Waals surface area contributed by atoms with Gasteiger partial charge in [0, 0.05) is 20.2 Å². The molecule has 0 aliphatic rings. The SMILES string of the molecule is COCC(C)N(C)c1cc(C)ccc1C(=O)O. The number of ether oxygens (including phenoxy) is 1. The minimum absolute atomic E-state index is 0.125. The first-order chi connectivity index (χ1) is 7.97. The zero-order chi connectivity index (χ0) is 13.0. The van der Waals surface area contributed by atoms with Crippen molar-refractivity contribution < 1.29 is 14.6 Å². The minimum Gasteiger partial charge on any atom is -0.478 e. The van der Waals surface area contributed by atoms with Crippen molar-refractivity contribution in [3.8, 4) is 0 Å². The van der Waals surface area contributed by atoms with Gasteiger partial charge in [0.25, 0.3) is 0 Å². The van der Waals surface area contributed by atoms with Gasteiger partial charge in [-0.05, 0) is 31.5 Å². The summed E-state index contributed by atoms with van der Waals surface area (Å²) in [6, 6.07) is 5.46. The van der Waals surface area contributed by atoms with Crippen molar-refractivity contribution in [3.63, 3.8) is 0 Å². The second-order valence-electron chi connectivity index (χ2n) is 4.24. The molecule has 0 fully saturated rings. The number of methoxy groups -OCH3 is 1. The highest BCUT2D eigenvalue weighted by atomic mass is 16.5. The van der Waals surface area contributed by atoms with Crippen LogP contribution >= 0.6 is 0 Å². The number of aryl methyl sites for hydroxylation is 1. The zero-order valence-corrected chi connectivity index (χ0v) is 10.7. The van der Waals surface area contributed by atoms with Crippen LogP contribution < -0.4 is 4.90 Å². The van der Waals surface area contributed by atoms with Crippen LogP contribution in [0.15, 0.2) is 18.2 Å². The van der Waals surface area contributed by atoms with E-state index in [0.29, 0.717) is 12.2 Å². The fourth-order valence-corrected chi connectivity index (χ4v) is 1.70. The van der Waals surface area contributed by atoms with Crippen molar-refractivity contribution in [2.24, 2.45) is 0 Å². The largest absolute Gasteiger partial charge is 0.478 e. The second-order valence-corrected chi connectivity index (χ2v) is 4.24. The predicted octanol–water partition coefficient (Wildman–Crippen LogP) is 2.16. The third-order valence-electron chi connectivity index (χ3n) is 2.83. The number of aromatic carboxylic acids is 1. The molecule has 0 radical (unpaired) electrons. The van der Waals surface area contributed by atoms with Gasteiger partial charge >= 0.3 is 5.97 Å². The third-order valence-corrected chi connectivity index (χ3v) is 2.83. The van der Waals surface area contributed by atoms with E-state index in [9.17, 15) is 4.79 Å². The molecule has 1 aromatic rings. The first kappa shape index (κ1) is 13.5. The Morgan fingerprint density at radius 2 is 2.18 bits per heavy atom. The summed E-state index contributed by atoms with van der Waals surface area (Å²) >= 11 is 0. The van der Waals surface area contributed by atoms with Crippen LogP contribution in [0, 0.1) is 6.92 Å². The summed E-state index contributed by atoms with van der Waals surface area (Å²) < 4.78 is 5.09. The number of hydrogen-bond acceptors (Lipinski definition) is 3. The average Bonchev–Trinajstić information content (AvgIpc) is 2.27. The van der Waals surface area contributed by atoms with Gasteiger partial charge in [0.15, 0.2) is 0 Å². The highest BCUT2D eigenvalue weighted by Crippen LogP contribution is 2.23. The van der Waals surface area contributed by atoms with E-state index in [1.165, 1.54) is 0 Å². The van der Waals surface area contributed by atoms with Crippen LogP contribution in [0.2, 0.25) is 0 Å². The Morgan fingerprint density at radius 1 is 1.53 bits per heavy atom. The predicted molar refractivity (Wildman–Crippen MR) is 67.9 cm³/mol. The van der Waals surface area contributed by atoms with E-state index in [2.05, 4.69) is 0 Å². The van der Waals surface area contributed by atoms with Crippen molar-refractivity contribution in [1.82, 2.24) is 0 Å². The smallest absolute Gasteiger partial charge is 0.337 e. The van der Waals surface area contributed by atoms with E-state index >= 15 is 0 Å². The monoisotopic (exact) mass is 237 g/mol. The molecule has 0 saturated heterocycles. The van der Waals surface area contributed by atoms with Gasteiger partial charge in [-0.25, -0.2) is 4.79 Å². The molecule has 0 aliphatic heterocycles. The van der Waals surface area contributed by atoms with Crippen molar-refractivity contribution in [2.75, 3.05) is 25.7 Å². The second kappa shape index (κ2) is 5.68. The maximum absolute atomic E-state index is 11.2. The molecule has 0 bridgehead atoms. The van der Waals surface area contributed by atoms with Gasteiger partial charge in [-0.15, -0.1) is 0 Å². The van der Waals surface area contributed by atoms with Crippen LogP contribution in [0.5, 0.6) is 0 Å². The number of rotatable bonds is 5. The molecule has 94 valence electrons. The standard InChI is InChI=1S/C13H19NO3/c1-9-5-6-11(13(15)16)12(7-9)14(3)10(2)8-17-4/h5-7,10H,8H2,1-4H3,(H,15,16). The van der Waals surface area contributed by atoms with Crippen molar-refractivity contribution in [2.45, 2.75) is 19.9 Å². The van der Waals surface area contributed by atoms with Crippen LogP contribution in [-0.4, -0.2) is 37.9 Å². The number of benzene rings is 1. The van der Waals surface area contributed by atoms with Crippen LogP contribution in [0.25, 0.3) is 0 Å². The fourth-order valence-electron chi connectivity index (χ4n) is 1.70. The van der Waals surface area contributed by atoms with E-state index in [4.69, 9.17) is 9.84 Å². The molecular formula is C13H19NO3. The number of anilines is 1. The van der Waals surface area contributed by atoms with Crippen LogP contribution in [-0.2, 0) is 4.74 Å². The van der Waals surface area contributed by atoms with Gasteiger partial charge in [-0.3, -0.25) is 0 Å². The number of nitrogens with zero attached hydrogens (tertiary/aromatic N) is 1. The van der Waals surface area contributed by atoms with Gasteiger partial charge in [0.1, 0.15) is 0 Å².